The van der Waals surface area contributed by atoms with Gasteiger partial charge in [0.25, 0.3) is 0 Å². The van der Waals surface area contributed by atoms with Gasteiger partial charge in [-0.05, 0) is 53.1 Å². The zero-order chi connectivity index (χ0) is 18.9. The Morgan fingerprint density at radius 2 is 1.38 bits per heavy atom. The van der Waals surface area contributed by atoms with Gasteiger partial charge in [0.1, 0.15) is 6.10 Å². The lowest BCUT2D eigenvalue weighted by Crippen LogP contribution is -2.54. The molecular formula is C21H41NO4. The van der Waals surface area contributed by atoms with E-state index in [1.54, 1.807) is 0 Å². The number of aliphatic hydroxyl groups is 2. The molecular weight excluding hydrogens is 330 g/mol. The van der Waals surface area contributed by atoms with Gasteiger partial charge < -0.3 is 24.6 Å². The Hall–Kier alpha value is -0.200. The van der Waals surface area contributed by atoms with Crippen LogP contribution in [0.2, 0.25) is 0 Å². The summed E-state index contributed by atoms with van der Waals surface area (Å²) in [6.45, 7) is 2.06. The third-order valence-electron chi connectivity index (χ3n) is 5.98. The Morgan fingerprint density at radius 3 is 1.96 bits per heavy atom. The Morgan fingerprint density at radius 1 is 0.846 bits per heavy atom. The van der Waals surface area contributed by atoms with Crippen molar-refractivity contribution in [2.24, 2.45) is 0 Å². The lowest BCUT2D eigenvalue weighted by molar-refractivity contribution is -0.269. The fourth-order valence-electron chi connectivity index (χ4n) is 4.30. The van der Waals surface area contributed by atoms with Crippen molar-refractivity contribution >= 4 is 0 Å². The Labute approximate surface area is 160 Å². The highest BCUT2D eigenvalue weighted by Crippen LogP contribution is 2.27. The van der Waals surface area contributed by atoms with Crippen LogP contribution in [0.3, 0.4) is 0 Å². The first kappa shape index (κ1) is 22.1. The molecule has 6 atom stereocenters. The minimum Gasteiger partial charge on any atom is -0.393 e. The number of aliphatic hydroxyl groups excluding tert-OH is 2. The number of likely N-dealkylation sites (N-methyl/N-ethyl adjacent to an activating group) is 1. The van der Waals surface area contributed by atoms with Crippen LogP contribution in [-0.4, -0.2) is 66.0 Å². The highest BCUT2D eigenvalue weighted by Gasteiger charge is 2.38. The van der Waals surface area contributed by atoms with Crippen molar-refractivity contribution in [3.63, 3.8) is 0 Å². The summed E-state index contributed by atoms with van der Waals surface area (Å²) in [5.41, 5.74) is 0. The number of nitrogens with zero attached hydrogens (tertiary/aromatic N) is 1. The van der Waals surface area contributed by atoms with E-state index in [4.69, 9.17) is 9.47 Å². The van der Waals surface area contributed by atoms with Gasteiger partial charge in [-0.15, -0.1) is 0 Å². The molecule has 0 bridgehead atoms. The summed E-state index contributed by atoms with van der Waals surface area (Å²) in [6, 6.07) is 0.0833. The van der Waals surface area contributed by atoms with E-state index < -0.39 is 12.4 Å². The van der Waals surface area contributed by atoms with Gasteiger partial charge in [-0.2, -0.15) is 0 Å². The molecule has 0 amide bonds. The van der Waals surface area contributed by atoms with Crippen molar-refractivity contribution in [1.82, 2.24) is 4.90 Å². The van der Waals surface area contributed by atoms with Crippen molar-refractivity contribution in [2.75, 3.05) is 14.1 Å². The van der Waals surface area contributed by atoms with Crippen molar-refractivity contribution in [3.8, 4) is 0 Å². The van der Waals surface area contributed by atoms with Crippen LogP contribution in [0.1, 0.15) is 84.0 Å². The summed E-state index contributed by atoms with van der Waals surface area (Å²) in [7, 11) is 4.02. The fourth-order valence-corrected chi connectivity index (χ4v) is 4.30. The molecule has 1 aliphatic carbocycles. The zero-order valence-electron chi connectivity index (χ0n) is 17.1. The van der Waals surface area contributed by atoms with Crippen LogP contribution in [0.4, 0.5) is 0 Å². The molecule has 154 valence electrons. The predicted octanol–water partition coefficient (Wildman–Crippen LogP) is 3.46. The van der Waals surface area contributed by atoms with Crippen LogP contribution in [0, 0.1) is 0 Å². The lowest BCUT2D eigenvalue weighted by Gasteiger charge is -2.42. The van der Waals surface area contributed by atoms with Crippen LogP contribution in [-0.2, 0) is 9.47 Å². The Bertz CT molecular complexity index is 379. The number of hydrogen-bond acceptors (Lipinski definition) is 5. The molecule has 0 radical (unpaired) electrons. The fraction of sp³-hybridized carbons (Fsp3) is 1.00. The topological polar surface area (TPSA) is 62.2 Å². The summed E-state index contributed by atoms with van der Waals surface area (Å²) in [5.74, 6) is 0. The minimum absolute atomic E-state index is 0.0833. The Balaban J connectivity index is 1.89. The molecule has 2 N–H and O–H groups in total. The first-order valence-electron chi connectivity index (χ1n) is 10.8. The van der Waals surface area contributed by atoms with Gasteiger partial charge in [0.15, 0.2) is 6.29 Å². The van der Waals surface area contributed by atoms with Gasteiger partial charge in [0.2, 0.25) is 0 Å². The second-order valence-electron chi connectivity index (χ2n) is 8.61. The molecule has 1 saturated heterocycles. The molecule has 0 aromatic carbocycles. The molecule has 26 heavy (non-hydrogen) atoms. The SMILES string of the molecule is C[C@@H]1C[C@H](N(C)C)[C@@H](O)[C@H](OC2CCCCCCC(O)CCCCC2)O1. The molecule has 2 rings (SSSR count). The smallest absolute Gasteiger partial charge is 0.185 e. The van der Waals surface area contributed by atoms with E-state index in [2.05, 4.69) is 11.8 Å². The van der Waals surface area contributed by atoms with E-state index >= 15 is 0 Å². The zero-order valence-corrected chi connectivity index (χ0v) is 17.1. The summed E-state index contributed by atoms with van der Waals surface area (Å²) >= 11 is 0. The maximum Gasteiger partial charge on any atom is 0.185 e. The Kier molecular flexibility index (Phi) is 9.86. The van der Waals surface area contributed by atoms with Crippen LogP contribution in [0.5, 0.6) is 0 Å². The summed E-state index contributed by atoms with van der Waals surface area (Å²) in [6.07, 6.45) is 11.8. The van der Waals surface area contributed by atoms with Gasteiger partial charge >= 0.3 is 0 Å². The first-order chi connectivity index (χ1) is 12.5. The van der Waals surface area contributed by atoms with E-state index in [0.717, 1.165) is 64.2 Å². The highest BCUT2D eigenvalue weighted by atomic mass is 16.7. The largest absolute Gasteiger partial charge is 0.393 e. The minimum atomic E-state index is -0.596. The maximum atomic E-state index is 10.7. The second-order valence-corrected chi connectivity index (χ2v) is 8.61. The van der Waals surface area contributed by atoms with E-state index in [1.807, 2.05) is 14.1 Å². The van der Waals surface area contributed by atoms with Crippen LogP contribution >= 0.6 is 0 Å². The first-order valence-corrected chi connectivity index (χ1v) is 10.8. The molecule has 2 aliphatic rings. The number of ether oxygens (including phenoxy) is 2. The summed E-state index contributed by atoms with van der Waals surface area (Å²) < 4.78 is 12.3. The van der Waals surface area contributed by atoms with Crippen molar-refractivity contribution in [1.29, 1.82) is 0 Å². The van der Waals surface area contributed by atoms with Gasteiger partial charge in [-0.1, -0.05) is 44.9 Å². The molecule has 2 fully saturated rings. The van der Waals surface area contributed by atoms with Crippen LogP contribution in [0.15, 0.2) is 0 Å². The second kappa shape index (κ2) is 11.6. The predicted molar refractivity (Wildman–Crippen MR) is 104 cm³/mol. The molecule has 2 unspecified atom stereocenters. The monoisotopic (exact) mass is 371 g/mol. The molecule has 1 heterocycles. The van der Waals surface area contributed by atoms with Crippen molar-refractivity contribution in [2.45, 2.75) is 121 Å². The third kappa shape index (κ3) is 7.43. The molecule has 0 spiro atoms. The van der Waals surface area contributed by atoms with E-state index in [0.29, 0.717) is 0 Å². The number of hydrogen-bond donors (Lipinski definition) is 2. The van der Waals surface area contributed by atoms with Gasteiger partial charge in [-0.25, -0.2) is 0 Å². The lowest BCUT2D eigenvalue weighted by atomic mass is 9.98. The average Bonchev–Trinajstić information content (AvgIpc) is 2.60. The van der Waals surface area contributed by atoms with E-state index in [1.165, 1.54) is 12.8 Å². The summed E-state index contributed by atoms with van der Waals surface area (Å²) in [4.78, 5) is 2.08. The quantitative estimate of drug-likeness (QED) is 0.795. The van der Waals surface area contributed by atoms with Gasteiger partial charge in [-0.3, -0.25) is 0 Å². The van der Waals surface area contributed by atoms with Gasteiger partial charge in [0.05, 0.1) is 18.3 Å². The maximum absolute atomic E-state index is 10.7. The average molecular weight is 372 g/mol. The molecule has 0 aromatic rings. The number of rotatable bonds is 3. The molecule has 1 aliphatic heterocycles. The normalized spacial score (nSPS) is 39.0. The van der Waals surface area contributed by atoms with E-state index in [9.17, 15) is 10.2 Å². The molecule has 5 nitrogen and oxygen atoms in total. The molecule has 5 heteroatoms. The van der Waals surface area contributed by atoms with Crippen LogP contribution in [0.25, 0.3) is 0 Å². The standard InChI is InChI=1S/C21H41NO4/c1-16-15-19(22(2)3)20(24)21(25-16)26-18-13-9-5-4-7-11-17(23)12-8-6-10-14-18/h16-21,23-24H,4-15H2,1-3H3/t16-,17?,18?,19+,20-,21+/m1/s1. The highest BCUT2D eigenvalue weighted by molar-refractivity contribution is 4.86. The van der Waals surface area contributed by atoms with E-state index in [-0.39, 0.29) is 24.4 Å². The van der Waals surface area contributed by atoms with Crippen molar-refractivity contribution < 1.29 is 19.7 Å². The molecule has 0 aromatic heterocycles. The summed E-state index contributed by atoms with van der Waals surface area (Å²) in [5, 5.41) is 20.7. The molecule has 1 saturated carbocycles. The van der Waals surface area contributed by atoms with Crippen LogP contribution < -0.4 is 0 Å². The van der Waals surface area contributed by atoms with Gasteiger partial charge in [0, 0.05) is 6.04 Å². The third-order valence-corrected chi connectivity index (χ3v) is 5.98. The van der Waals surface area contributed by atoms with Crippen molar-refractivity contribution in [3.05, 3.63) is 0 Å².